The molecule has 0 aromatic carbocycles. The van der Waals surface area contributed by atoms with E-state index in [1.807, 2.05) is 6.92 Å². The topological polar surface area (TPSA) is 20.3 Å². The third-order valence-corrected chi connectivity index (χ3v) is 4.11. The van der Waals surface area contributed by atoms with Crippen molar-refractivity contribution in [2.24, 2.45) is 11.3 Å². The monoisotopic (exact) mass is 283 g/mol. The van der Waals surface area contributed by atoms with Gasteiger partial charge in [-0.1, -0.05) is 32.9 Å². The van der Waals surface area contributed by atoms with Gasteiger partial charge in [-0.15, -0.1) is 18.2 Å². The van der Waals surface area contributed by atoms with Crippen LogP contribution in [0.3, 0.4) is 0 Å². The van der Waals surface area contributed by atoms with Crippen LogP contribution >= 0.6 is 11.6 Å². The van der Waals surface area contributed by atoms with Gasteiger partial charge in [0, 0.05) is 13.1 Å². The van der Waals surface area contributed by atoms with Gasteiger partial charge in [0.2, 0.25) is 5.91 Å². The highest BCUT2D eigenvalue weighted by Crippen LogP contribution is 2.40. The number of hydrogen-bond donors (Lipinski definition) is 0. The first kappa shape index (κ1) is 16.3. The van der Waals surface area contributed by atoms with E-state index in [2.05, 4.69) is 33.4 Å². The molecule has 0 spiro atoms. The summed E-state index contributed by atoms with van der Waals surface area (Å²) in [5.41, 5.74) is 1.31. The Labute approximate surface area is 122 Å². The minimum absolute atomic E-state index is 0.000201. The average Bonchev–Trinajstić information content (AvgIpc) is 2.31. The summed E-state index contributed by atoms with van der Waals surface area (Å²) in [5.74, 6) is 0.488. The highest BCUT2D eigenvalue weighted by atomic mass is 35.5. The van der Waals surface area contributed by atoms with Crippen LogP contribution in [-0.4, -0.2) is 29.3 Å². The van der Waals surface area contributed by atoms with Crippen molar-refractivity contribution in [3.63, 3.8) is 0 Å². The molecular weight excluding hydrogens is 258 g/mol. The number of carbonyl (C=O) groups is 1. The van der Waals surface area contributed by atoms with Crippen LogP contribution in [0.2, 0.25) is 0 Å². The molecule has 108 valence electrons. The SMILES string of the molecule is C=CCN(CC)C(=O)C(Cl)C1=CC(C)CC(C)(C)C1. The van der Waals surface area contributed by atoms with Gasteiger partial charge < -0.3 is 4.90 Å². The van der Waals surface area contributed by atoms with E-state index in [1.165, 1.54) is 0 Å². The molecular formula is C16H26ClNO. The Bertz CT molecular complexity index is 373. The van der Waals surface area contributed by atoms with Crippen molar-refractivity contribution in [1.82, 2.24) is 4.90 Å². The smallest absolute Gasteiger partial charge is 0.245 e. The first-order chi connectivity index (χ1) is 8.80. The van der Waals surface area contributed by atoms with Gasteiger partial charge in [-0.05, 0) is 36.7 Å². The summed E-state index contributed by atoms with van der Waals surface area (Å²) < 4.78 is 0. The van der Waals surface area contributed by atoms with Crippen LogP contribution in [0, 0.1) is 11.3 Å². The number of hydrogen-bond acceptors (Lipinski definition) is 1. The Morgan fingerprint density at radius 1 is 1.68 bits per heavy atom. The van der Waals surface area contributed by atoms with E-state index in [0.717, 1.165) is 18.4 Å². The van der Waals surface area contributed by atoms with Gasteiger partial charge >= 0.3 is 0 Å². The number of alkyl halides is 1. The molecule has 0 heterocycles. The normalized spacial score (nSPS) is 23.4. The lowest BCUT2D eigenvalue weighted by Gasteiger charge is -2.35. The molecule has 19 heavy (non-hydrogen) atoms. The molecule has 2 unspecified atom stereocenters. The molecule has 0 aromatic heterocycles. The summed E-state index contributed by atoms with van der Waals surface area (Å²) in [6.45, 7) is 13.6. The Hall–Kier alpha value is -0.760. The second-order valence-electron chi connectivity index (χ2n) is 6.29. The maximum Gasteiger partial charge on any atom is 0.245 e. The molecule has 0 aromatic rings. The van der Waals surface area contributed by atoms with E-state index < -0.39 is 5.38 Å². The number of carbonyl (C=O) groups excluding carboxylic acids is 1. The fourth-order valence-corrected chi connectivity index (χ4v) is 3.29. The van der Waals surface area contributed by atoms with Gasteiger partial charge in [-0.3, -0.25) is 4.79 Å². The minimum Gasteiger partial charge on any atom is -0.338 e. The van der Waals surface area contributed by atoms with Crippen molar-refractivity contribution >= 4 is 17.5 Å². The highest BCUT2D eigenvalue weighted by molar-refractivity contribution is 6.32. The molecule has 0 N–H and O–H groups in total. The van der Waals surface area contributed by atoms with E-state index in [1.54, 1.807) is 11.0 Å². The number of halogens is 1. The van der Waals surface area contributed by atoms with Crippen LogP contribution < -0.4 is 0 Å². The molecule has 1 amide bonds. The maximum atomic E-state index is 12.4. The fraction of sp³-hybridized carbons (Fsp3) is 0.688. The van der Waals surface area contributed by atoms with Crippen molar-refractivity contribution in [3.8, 4) is 0 Å². The zero-order valence-corrected chi connectivity index (χ0v) is 13.3. The minimum atomic E-state index is -0.526. The summed E-state index contributed by atoms with van der Waals surface area (Å²) >= 11 is 6.42. The molecule has 2 atom stereocenters. The Morgan fingerprint density at radius 3 is 2.79 bits per heavy atom. The predicted molar refractivity (Wildman–Crippen MR) is 82.4 cm³/mol. The summed E-state index contributed by atoms with van der Waals surface area (Å²) in [4.78, 5) is 14.1. The van der Waals surface area contributed by atoms with Gasteiger partial charge in [0.25, 0.3) is 0 Å². The van der Waals surface area contributed by atoms with Crippen LogP contribution in [0.15, 0.2) is 24.3 Å². The van der Waals surface area contributed by atoms with Crippen LogP contribution in [0.25, 0.3) is 0 Å². The molecule has 2 nitrogen and oxygen atoms in total. The van der Waals surface area contributed by atoms with Crippen LogP contribution in [0.1, 0.15) is 40.5 Å². The van der Waals surface area contributed by atoms with E-state index in [4.69, 9.17) is 11.6 Å². The zero-order chi connectivity index (χ0) is 14.6. The predicted octanol–water partition coefficient (Wildman–Crippen LogP) is 4.01. The number of rotatable bonds is 5. The molecule has 0 radical (unpaired) electrons. The Kier molecular flexibility index (Phi) is 5.66. The molecule has 0 aliphatic heterocycles. The maximum absolute atomic E-state index is 12.4. The van der Waals surface area contributed by atoms with E-state index in [9.17, 15) is 4.79 Å². The lowest BCUT2D eigenvalue weighted by molar-refractivity contribution is -0.129. The molecule has 1 aliphatic carbocycles. The third-order valence-electron chi connectivity index (χ3n) is 3.64. The second-order valence-corrected chi connectivity index (χ2v) is 6.73. The van der Waals surface area contributed by atoms with Gasteiger partial charge in [-0.2, -0.15) is 0 Å². The molecule has 0 bridgehead atoms. The van der Waals surface area contributed by atoms with Crippen molar-refractivity contribution < 1.29 is 4.79 Å². The van der Waals surface area contributed by atoms with E-state index in [-0.39, 0.29) is 11.3 Å². The molecule has 1 rings (SSSR count). The molecule has 1 aliphatic rings. The van der Waals surface area contributed by atoms with Crippen LogP contribution in [-0.2, 0) is 4.79 Å². The average molecular weight is 284 g/mol. The van der Waals surface area contributed by atoms with Crippen molar-refractivity contribution in [1.29, 1.82) is 0 Å². The lowest BCUT2D eigenvalue weighted by atomic mass is 9.72. The fourth-order valence-electron chi connectivity index (χ4n) is 3.00. The summed E-state index contributed by atoms with van der Waals surface area (Å²) in [6.07, 6.45) is 5.98. The molecule has 0 saturated heterocycles. The van der Waals surface area contributed by atoms with Gasteiger partial charge in [0.1, 0.15) is 5.38 Å². The standard InChI is InChI=1S/C16H26ClNO/c1-6-8-18(7-2)15(19)14(17)13-9-12(3)10-16(4,5)11-13/h6,9,12,14H,1,7-8,10-11H2,2-5H3. The number of likely N-dealkylation sites (N-methyl/N-ethyl adjacent to an activating group) is 1. The van der Waals surface area contributed by atoms with Crippen molar-refractivity contribution in [2.45, 2.75) is 45.9 Å². The quantitative estimate of drug-likeness (QED) is 0.551. The molecule has 0 fully saturated rings. The van der Waals surface area contributed by atoms with E-state index >= 15 is 0 Å². The highest BCUT2D eigenvalue weighted by Gasteiger charge is 2.33. The molecule has 3 heteroatoms. The van der Waals surface area contributed by atoms with Gasteiger partial charge in [0.05, 0.1) is 0 Å². The third kappa shape index (κ3) is 4.38. The second kappa shape index (κ2) is 6.60. The summed E-state index contributed by atoms with van der Waals surface area (Å²) in [5, 5.41) is -0.526. The Morgan fingerprint density at radius 2 is 2.32 bits per heavy atom. The zero-order valence-electron chi connectivity index (χ0n) is 12.6. The first-order valence-corrected chi connectivity index (χ1v) is 7.48. The van der Waals surface area contributed by atoms with Crippen LogP contribution in [0.4, 0.5) is 0 Å². The Balaban J connectivity index is 2.84. The number of amides is 1. The number of nitrogens with zero attached hydrogens (tertiary/aromatic N) is 1. The number of allylic oxidation sites excluding steroid dienone is 1. The van der Waals surface area contributed by atoms with Crippen LogP contribution in [0.5, 0.6) is 0 Å². The largest absolute Gasteiger partial charge is 0.338 e. The lowest BCUT2D eigenvalue weighted by Crippen LogP contribution is -2.39. The summed E-state index contributed by atoms with van der Waals surface area (Å²) in [6, 6.07) is 0. The van der Waals surface area contributed by atoms with Crippen molar-refractivity contribution in [2.75, 3.05) is 13.1 Å². The van der Waals surface area contributed by atoms with E-state index in [0.29, 0.717) is 19.0 Å². The summed E-state index contributed by atoms with van der Waals surface area (Å²) in [7, 11) is 0. The first-order valence-electron chi connectivity index (χ1n) is 7.05. The van der Waals surface area contributed by atoms with Crippen molar-refractivity contribution in [3.05, 3.63) is 24.3 Å². The van der Waals surface area contributed by atoms with Gasteiger partial charge in [-0.25, -0.2) is 0 Å². The molecule has 0 saturated carbocycles. The van der Waals surface area contributed by atoms with Gasteiger partial charge in [0.15, 0.2) is 0 Å².